The van der Waals surface area contributed by atoms with Gasteiger partial charge >= 0.3 is 0 Å². The summed E-state index contributed by atoms with van der Waals surface area (Å²) >= 11 is 0. The Labute approximate surface area is 204 Å². The van der Waals surface area contributed by atoms with E-state index in [4.69, 9.17) is 4.74 Å². The van der Waals surface area contributed by atoms with Crippen molar-refractivity contribution in [3.8, 4) is 5.75 Å². The molecule has 4 rings (SSSR count). The normalized spacial score (nSPS) is 15.7. The van der Waals surface area contributed by atoms with Crippen molar-refractivity contribution in [1.82, 2.24) is 14.5 Å². The van der Waals surface area contributed by atoms with Gasteiger partial charge in [0.1, 0.15) is 12.4 Å². The number of aliphatic hydroxyl groups is 1. The second-order valence-corrected chi connectivity index (χ2v) is 8.09. The summed E-state index contributed by atoms with van der Waals surface area (Å²) < 4.78 is 7.48. The molecule has 0 radical (unpaired) electrons. The van der Waals surface area contributed by atoms with Crippen LogP contribution in [0.5, 0.6) is 5.75 Å². The summed E-state index contributed by atoms with van der Waals surface area (Å²) in [7, 11) is 0. The molecule has 178 valence electrons. The molecule has 0 bridgehead atoms. The van der Waals surface area contributed by atoms with Gasteiger partial charge < -0.3 is 19.3 Å². The fourth-order valence-electron chi connectivity index (χ4n) is 4.05. The van der Waals surface area contributed by atoms with E-state index in [9.17, 15) is 14.7 Å². The molecule has 35 heavy (non-hydrogen) atoms. The summed E-state index contributed by atoms with van der Waals surface area (Å²) in [5.41, 5.74) is 1.64. The highest BCUT2D eigenvalue weighted by Gasteiger charge is 2.42. The number of nitrogens with zero attached hydrogens (tertiary/aromatic N) is 3. The number of aromatic nitrogens is 2. The summed E-state index contributed by atoms with van der Waals surface area (Å²) in [4.78, 5) is 31.9. The molecule has 1 aliphatic rings. The highest BCUT2D eigenvalue weighted by Crippen LogP contribution is 2.38. The zero-order valence-electron chi connectivity index (χ0n) is 19.3. The Morgan fingerprint density at radius 1 is 1.11 bits per heavy atom. The summed E-state index contributed by atoms with van der Waals surface area (Å²) in [6.07, 6.45) is 10.6. The largest absolute Gasteiger partial charge is 0.503 e. The Bertz CT molecular complexity index is 1230. The molecule has 1 atom stereocenters. The number of hydrogen-bond acceptors (Lipinski definition) is 5. The third-order valence-electron chi connectivity index (χ3n) is 5.73. The zero-order chi connectivity index (χ0) is 24.6. The smallest absolute Gasteiger partial charge is 0.290 e. The fraction of sp³-hybridized carbons (Fsp3) is 0.179. The molecular weight excluding hydrogens is 442 g/mol. The highest BCUT2D eigenvalue weighted by atomic mass is 16.5. The number of ether oxygens (including phenoxy) is 1. The van der Waals surface area contributed by atoms with Crippen LogP contribution in [0.25, 0.3) is 6.08 Å². The van der Waals surface area contributed by atoms with Crippen molar-refractivity contribution in [3.63, 3.8) is 0 Å². The molecule has 1 aliphatic heterocycles. The third-order valence-corrected chi connectivity index (χ3v) is 5.73. The lowest BCUT2D eigenvalue weighted by Crippen LogP contribution is -2.32. The first-order valence-electron chi connectivity index (χ1n) is 11.4. The van der Waals surface area contributed by atoms with Crippen molar-refractivity contribution in [2.45, 2.75) is 19.0 Å². The Morgan fingerprint density at radius 3 is 2.57 bits per heavy atom. The minimum atomic E-state index is -0.702. The van der Waals surface area contributed by atoms with Crippen molar-refractivity contribution in [1.29, 1.82) is 0 Å². The Morgan fingerprint density at radius 2 is 1.89 bits per heavy atom. The van der Waals surface area contributed by atoms with E-state index in [0.29, 0.717) is 37.4 Å². The van der Waals surface area contributed by atoms with Gasteiger partial charge in [0, 0.05) is 25.5 Å². The number of carbonyl (C=O) groups excluding carboxylic acids is 2. The van der Waals surface area contributed by atoms with Gasteiger partial charge in [-0.1, -0.05) is 61.2 Å². The number of hydrogen-bond donors (Lipinski definition) is 1. The Balaban J connectivity index is 1.61. The Hall–Kier alpha value is -4.39. The molecule has 0 saturated carbocycles. The predicted octanol–water partition coefficient (Wildman–Crippen LogP) is 4.52. The number of rotatable bonds is 11. The van der Waals surface area contributed by atoms with Gasteiger partial charge in [-0.25, -0.2) is 4.98 Å². The molecule has 3 aromatic rings. The predicted molar refractivity (Wildman–Crippen MR) is 134 cm³/mol. The fourth-order valence-corrected chi connectivity index (χ4v) is 4.05. The average Bonchev–Trinajstić information content (AvgIpc) is 3.49. The van der Waals surface area contributed by atoms with E-state index in [1.165, 1.54) is 6.08 Å². The van der Waals surface area contributed by atoms with Crippen LogP contribution in [0.3, 0.4) is 0 Å². The summed E-state index contributed by atoms with van der Waals surface area (Å²) in [5.74, 6) is -0.820. The van der Waals surface area contributed by atoms with E-state index in [1.807, 2.05) is 53.2 Å². The molecule has 0 spiro atoms. The monoisotopic (exact) mass is 469 g/mol. The maximum absolute atomic E-state index is 13.2. The first-order chi connectivity index (χ1) is 17.1. The first-order valence-corrected chi connectivity index (χ1v) is 11.4. The van der Waals surface area contributed by atoms with Crippen molar-refractivity contribution in [3.05, 3.63) is 115 Å². The SMILES string of the molecule is C=CCOc1ccc(C2C(C(=O)C=Cc3ccccc3)=C(O)C(=O)N2CCCn2ccnc2)cc1. The molecular formula is C28H27N3O4. The quantitative estimate of drug-likeness (QED) is 0.330. The van der Waals surface area contributed by atoms with Crippen LogP contribution in [0.15, 0.2) is 103 Å². The van der Waals surface area contributed by atoms with Crippen molar-refractivity contribution < 1.29 is 19.4 Å². The van der Waals surface area contributed by atoms with Crippen LogP contribution in [-0.4, -0.2) is 44.4 Å². The number of aliphatic hydroxyl groups excluding tert-OH is 1. The van der Waals surface area contributed by atoms with E-state index in [0.717, 1.165) is 5.56 Å². The van der Waals surface area contributed by atoms with Crippen LogP contribution < -0.4 is 4.74 Å². The van der Waals surface area contributed by atoms with Crippen LogP contribution in [0.4, 0.5) is 0 Å². The van der Waals surface area contributed by atoms with Crippen LogP contribution in [-0.2, 0) is 16.1 Å². The van der Waals surface area contributed by atoms with E-state index in [-0.39, 0.29) is 5.57 Å². The second kappa shape index (κ2) is 11.2. The average molecular weight is 470 g/mol. The van der Waals surface area contributed by atoms with E-state index in [2.05, 4.69) is 11.6 Å². The molecule has 1 amide bonds. The van der Waals surface area contributed by atoms with Crippen molar-refractivity contribution in [2.75, 3.05) is 13.2 Å². The summed E-state index contributed by atoms with van der Waals surface area (Å²) in [5, 5.41) is 10.8. The molecule has 0 fully saturated rings. The van der Waals surface area contributed by atoms with Crippen molar-refractivity contribution in [2.24, 2.45) is 0 Å². The maximum Gasteiger partial charge on any atom is 0.290 e. The molecule has 1 aromatic heterocycles. The standard InChI is InChI=1S/C28H27N3O4/c1-2-19-35-23-12-10-22(11-13-23)26-25(24(32)14-9-21-7-4-3-5-8-21)27(33)28(34)31(26)17-6-16-30-18-15-29-20-30/h2-5,7-15,18,20,26,33H,1,6,16-17,19H2. The number of carbonyl (C=O) groups is 2. The van der Waals surface area contributed by atoms with Crippen LogP contribution >= 0.6 is 0 Å². The molecule has 0 saturated heterocycles. The molecule has 1 N–H and O–H groups in total. The van der Waals surface area contributed by atoms with Crippen LogP contribution in [0.2, 0.25) is 0 Å². The highest BCUT2D eigenvalue weighted by molar-refractivity contribution is 6.14. The molecule has 2 heterocycles. The van der Waals surface area contributed by atoms with E-state index in [1.54, 1.807) is 41.7 Å². The minimum absolute atomic E-state index is 0.0737. The molecule has 7 nitrogen and oxygen atoms in total. The lowest BCUT2D eigenvalue weighted by Gasteiger charge is -2.27. The third kappa shape index (κ3) is 5.58. The number of amides is 1. The molecule has 2 aromatic carbocycles. The van der Waals surface area contributed by atoms with Gasteiger partial charge in [-0.3, -0.25) is 9.59 Å². The Kier molecular flexibility index (Phi) is 7.57. The van der Waals surface area contributed by atoms with Gasteiger partial charge in [0.15, 0.2) is 11.5 Å². The number of allylic oxidation sites excluding steroid dienone is 1. The van der Waals surface area contributed by atoms with Crippen LogP contribution in [0, 0.1) is 0 Å². The summed E-state index contributed by atoms with van der Waals surface area (Å²) in [6, 6.07) is 15.9. The van der Waals surface area contributed by atoms with Gasteiger partial charge in [0.05, 0.1) is 17.9 Å². The molecule has 7 heteroatoms. The van der Waals surface area contributed by atoms with Gasteiger partial charge in [-0.2, -0.15) is 0 Å². The van der Waals surface area contributed by atoms with Gasteiger partial charge in [0.2, 0.25) is 0 Å². The van der Waals surface area contributed by atoms with E-state index >= 15 is 0 Å². The van der Waals surface area contributed by atoms with Crippen molar-refractivity contribution >= 4 is 17.8 Å². The lowest BCUT2D eigenvalue weighted by molar-refractivity contribution is -0.129. The molecule has 1 unspecified atom stereocenters. The number of imidazole rings is 1. The lowest BCUT2D eigenvalue weighted by atomic mass is 9.95. The zero-order valence-corrected chi connectivity index (χ0v) is 19.3. The van der Waals surface area contributed by atoms with Gasteiger partial charge in [-0.05, 0) is 35.8 Å². The maximum atomic E-state index is 13.2. The topological polar surface area (TPSA) is 84.7 Å². The number of benzene rings is 2. The van der Waals surface area contributed by atoms with Crippen LogP contribution in [0.1, 0.15) is 23.6 Å². The first kappa shape index (κ1) is 23.8. The number of aryl methyl sites for hydroxylation is 1. The summed E-state index contributed by atoms with van der Waals surface area (Å²) in [6.45, 7) is 5.03. The number of ketones is 1. The second-order valence-electron chi connectivity index (χ2n) is 8.09. The van der Waals surface area contributed by atoms with Gasteiger partial charge in [0.25, 0.3) is 5.91 Å². The van der Waals surface area contributed by atoms with Gasteiger partial charge in [-0.15, -0.1) is 0 Å². The van der Waals surface area contributed by atoms with E-state index < -0.39 is 23.5 Å². The minimum Gasteiger partial charge on any atom is -0.503 e. The molecule has 0 aliphatic carbocycles.